The minimum absolute atomic E-state index is 0.0378. The number of nitrogens with two attached hydrogens (primary N) is 1. The van der Waals surface area contributed by atoms with Gasteiger partial charge in [0.15, 0.2) is 0 Å². The number of amides is 1. The van der Waals surface area contributed by atoms with E-state index in [1.165, 1.54) is 12.1 Å². The minimum atomic E-state index is -0.649. The first-order valence-corrected chi connectivity index (χ1v) is 11.3. The fourth-order valence-corrected chi connectivity index (χ4v) is 4.90. The third-order valence-electron chi connectivity index (χ3n) is 5.80. The standard InChI is InChI=1S/C24H17FN6OS/c25-17-9-19-20(31-12-27-10-21(31)23(26)29-19)8-16(17)24(32)30(15-3-1-2-4-15)11-14-5-6-18-22(7-14)33-13-28-18/h1,5-10,12-13H,2,4,11H2,(H2,26,29). The lowest BCUT2D eigenvalue weighted by molar-refractivity contribution is 0.0788. The van der Waals surface area contributed by atoms with E-state index in [0.717, 1.165) is 27.9 Å². The Kier molecular flexibility index (Phi) is 4.46. The van der Waals surface area contributed by atoms with Crippen molar-refractivity contribution in [1.82, 2.24) is 24.3 Å². The predicted octanol–water partition coefficient (Wildman–Crippen LogP) is 4.69. The highest BCUT2D eigenvalue weighted by Gasteiger charge is 2.25. The molecule has 7 nitrogen and oxygen atoms in total. The van der Waals surface area contributed by atoms with Gasteiger partial charge in [-0.15, -0.1) is 17.1 Å². The molecule has 0 saturated carbocycles. The molecule has 33 heavy (non-hydrogen) atoms. The van der Waals surface area contributed by atoms with Crippen LogP contribution in [0.3, 0.4) is 0 Å². The van der Waals surface area contributed by atoms with E-state index in [4.69, 9.17) is 5.73 Å². The van der Waals surface area contributed by atoms with Crippen LogP contribution >= 0.6 is 11.3 Å². The lowest BCUT2D eigenvalue weighted by Crippen LogP contribution is -2.30. The van der Waals surface area contributed by atoms with Gasteiger partial charge in [0.05, 0.1) is 57.1 Å². The summed E-state index contributed by atoms with van der Waals surface area (Å²) in [5.41, 5.74) is 15.0. The predicted molar refractivity (Wildman–Crippen MR) is 125 cm³/mol. The molecule has 0 saturated heterocycles. The van der Waals surface area contributed by atoms with Crippen molar-refractivity contribution in [2.24, 2.45) is 0 Å². The smallest absolute Gasteiger partial charge is 0.261 e. The topological polar surface area (TPSA) is 89.4 Å². The highest BCUT2D eigenvalue weighted by molar-refractivity contribution is 7.16. The minimum Gasteiger partial charge on any atom is -0.382 e. The number of carbonyl (C=O) groups excluding carboxylic acids is 1. The summed E-state index contributed by atoms with van der Waals surface area (Å²) in [5, 5.41) is 0. The van der Waals surface area contributed by atoms with Crippen LogP contribution in [0.2, 0.25) is 0 Å². The van der Waals surface area contributed by atoms with Crippen LogP contribution in [0.4, 0.5) is 10.2 Å². The number of nitrogens with zero attached hydrogens (tertiary/aromatic N) is 5. The molecule has 1 aliphatic rings. The van der Waals surface area contributed by atoms with Gasteiger partial charge in [-0.25, -0.2) is 19.3 Å². The Balaban J connectivity index is 1.45. The highest BCUT2D eigenvalue weighted by Crippen LogP contribution is 2.28. The van der Waals surface area contributed by atoms with E-state index in [2.05, 4.69) is 20.7 Å². The van der Waals surface area contributed by atoms with Crippen LogP contribution in [0.15, 0.2) is 65.9 Å². The van der Waals surface area contributed by atoms with Crippen molar-refractivity contribution in [2.45, 2.75) is 19.4 Å². The van der Waals surface area contributed by atoms with Crippen LogP contribution in [-0.2, 0) is 6.54 Å². The van der Waals surface area contributed by atoms with Crippen molar-refractivity contribution < 1.29 is 9.18 Å². The van der Waals surface area contributed by atoms with E-state index in [-0.39, 0.29) is 11.4 Å². The number of hydrogen-bond donors (Lipinski definition) is 1. The van der Waals surface area contributed by atoms with Crippen LogP contribution in [0.25, 0.3) is 26.8 Å². The van der Waals surface area contributed by atoms with Crippen LogP contribution < -0.4 is 5.73 Å². The number of allylic oxidation sites excluding steroid dienone is 1. The number of hydrogen-bond acceptors (Lipinski definition) is 6. The van der Waals surface area contributed by atoms with Crippen molar-refractivity contribution in [1.29, 1.82) is 0 Å². The average molecular weight is 457 g/mol. The number of fused-ring (bicyclic) bond motifs is 4. The second-order valence-corrected chi connectivity index (χ2v) is 8.73. The Labute approximate surface area is 191 Å². The number of rotatable bonds is 4. The van der Waals surface area contributed by atoms with Gasteiger partial charge in [-0.1, -0.05) is 6.07 Å². The molecule has 1 aliphatic carbocycles. The first-order valence-electron chi connectivity index (χ1n) is 10.4. The van der Waals surface area contributed by atoms with E-state index in [9.17, 15) is 4.79 Å². The molecule has 6 rings (SSSR count). The van der Waals surface area contributed by atoms with E-state index < -0.39 is 11.7 Å². The number of aromatic nitrogens is 4. The largest absolute Gasteiger partial charge is 0.382 e. The van der Waals surface area contributed by atoms with E-state index in [1.54, 1.807) is 38.7 Å². The molecule has 0 radical (unpaired) electrons. The molecule has 0 bridgehead atoms. The Hall–Kier alpha value is -4.07. The number of nitrogen functional groups attached to an aromatic ring is 1. The Morgan fingerprint density at radius 2 is 2.15 bits per heavy atom. The molecular formula is C24H17FN6OS. The maximum Gasteiger partial charge on any atom is 0.261 e. The maximum atomic E-state index is 15.2. The highest BCUT2D eigenvalue weighted by atomic mass is 32.1. The van der Waals surface area contributed by atoms with Gasteiger partial charge in [-0.3, -0.25) is 9.20 Å². The maximum absolute atomic E-state index is 15.2. The van der Waals surface area contributed by atoms with Crippen LogP contribution in [0, 0.1) is 5.82 Å². The second-order valence-electron chi connectivity index (χ2n) is 7.85. The summed E-state index contributed by atoms with van der Waals surface area (Å²) in [4.78, 5) is 28.0. The number of anilines is 1. The number of carbonyl (C=O) groups is 1. The lowest BCUT2D eigenvalue weighted by Gasteiger charge is -2.24. The Morgan fingerprint density at radius 3 is 3.00 bits per heavy atom. The van der Waals surface area contributed by atoms with E-state index in [1.807, 2.05) is 24.3 Å². The van der Waals surface area contributed by atoms with Crippen molar-refractivity contribution >= 4 is 49.8 Å². The summed E-state index contributed by atoms with van der Waals surface area (Å²) in [6.45, 7) is 0.306. The Morgan fingerprint density at radius 1 is 1.24 bits per heavy atom. The third kappa shape index (κ3) is 3.26. The Bertz CT molecular complexity index is 1650. The van der Waals surface area contributed by atoms with Crippen LogP contribution in [0.5, 0.6) is 0 Å². The summed E-state index contributed by atoms with van der Waals surface area (Å²) in [5.74, 6) is -0.828. The van der Waals surface area contributed by atoms with Crippen molar-refractivity contribution in [3.05, 3.63) is 82.8 Å². The SMILES string of the molecule is Nc1nc2cc(F)c(C(=O)N(Cc3ccc4ncsc4c3)C3=C=CCC3)cc2n2cncc12. The van der Waals surface area contributed by atoms with Gasteiger partial charge < -0.3 is 10.6 Å². The molecule has 2 N–H and O–H groups in total. The summed E-state index contributed by atoms with van der Waals surface area (Å²) >= 11 is 1.54. The van der Waals surface area contributed by atoms with Gasteiger partial charge in [0.1, 0.15) is 17.2 Å². The number of thiazole rings is 1. The van der Waals surface area contributed by atoms with Crippen molar-refractivity contribution in [2.75, 3.05) is 5.73 Å². The van der Waals surface area contributed by atoms with Gasteiger partial charge in [0.25, 0.3) is 5.91 Å². The lowest BCUT2D eigenvalue weighted by atomic mass is 10.1. The molecule has 3 heterocycles. The average Bonchev–Trinajstić information content (AvgIpc) is 3.58. The monoisotopic (exact) mass is 456 g/mol. The summed E-state index contributed by atoms with van der Waals surface area (Å²) in [6.07, 6.45) is 6.54. The quantitative estimate of drug-likeness (QED) is 0.396. The van der Waals surface area contributed by atoms with Crippen LogP contribution in [-0.4, -0.2) is 30.2 Å². The van der Waals surface area contributed by atoms with E-state index in [0.29, 0.717) is 29.5 Å². The van der Waals surface area contributed by atoms with Gasteiger partial charge >= 0.3 is 0 Å². The molecule has 162 valence electrons. The number of benzene rings is 2. The van der Waals surface area contributed by atoms with Crippen molar-refractivity contribution in [3.63, 3.8) is 0 Å². The second kappa shape index (κ2) is 7.51. The molecule has 1 amide bonds. The van der Waals surface area contributed by atoms with Gasteiger partial charge in [-0.05, 0) is 42.7 Å². The molecular weight excluding hydrogens is 439 g/mol. The zero-order valence-electron chi connectivity index (χ0n) is 17.3. The first kappa shape index (κ1) is 19.6. The molecule has 0 atom stereocenters. The first-order chi connectivity index (χ1) is 16.1. The molecule has 9 heteroatoms. The molecule has 0 fully saturated rings. The summed E-state index contributed by atoms with van der Waals surface area (Å²) < 4.78 is 17.9. The van der Waals surface area contributed by atoms with Gasteiger partial charge in [0.2, 0.25) is 0 Å². The number of imidazole rings is 1. The van der Waals surface area contributed by atoms with Gasteiger partial charge in [-0.2, -0.15) is 0 Å². The summed E-state index contributed by atoms with van der Waals surface area (Å²) in [6, 6.07) is 8.67. The van der Waals surface area contributed by atoms with Crippen LogP contribution in [0.1, 0.15) is 28.8 Å². The molecule has 0 spiro atoms. The summed E-state index contributed by atoms with van der Waals surface area (Å²) in [7, 11) is 0. The third-order valence-corrected chi connectivity index (χ3v) is 6.59. The zero-order chi connectivity index (χ0) is 22.5. The fourth-order valence-electron chi connectivity index (χ4n) is 4.16. The van der Waals surface area contributed by atoms with Gasteiger partial charge in [0, 0.05) is 6.07 Å². The molecule has 2 aromatic carbocycles. The van der Waals surface area contributed by atoms with Crippen molar-refractivity contribution in [3.8, 4) is 0 Å². The molecule has 0 unspecified atom stereocenters. The molecule has 5 aromatic rings. The number of halogens is 1. The van der Waals surface area contributed by atoms with E-state index >= 15 is 4.39 Å². The molecule has 0 aliphatic heterocycles. The zero-order valence-corrected chi connectivity index (χ0v) is 18.1. The normalized spacial score (nSPS) is 13.3. The fraction of sp³-hybridized carbons (Fsp3) is 0.125. The molecule has 3 aromatic heterocycles.